The highest BCUT2D eigenvalue weighted by Crippen LogP contribution is 2.46. The highest BCUT2D eigenvalue weighted by Gasteiger charge is 2.44. The standard InChI is InChI=1S/C47H55BN2/c1-30-26-41-43-42(27-30)50(36-22-16-32(17-23-36)45(5,6)7)40-25-19-34(47(11,12)13)29-38(40)48(43)37-28-33(46(8,9)10)18-24-39(37)49(41)35-20-14-31(15-21-35)44(2,3)4/h14-29H,1-13H3/i1D3,14D,15D,16D,17D,18D,19D,20D,21D,22D,23D,24D,25D,26D,27D,28D,29D. The van der Waals surface area contributed by atoms with Crippen LogP contribution in [-0.4, -0.2) is 6.71 Å². The summed E-state index contributed by atoms with van der Waals surface area (Å²) in [6.07, 6.45) is 0. The smallest absolute Gasteiger partial charge is 0.252 e. The zero-order chi connectivity index (χ0) is 52.6. The van der Waals surface area contributed by atoms with E-state index in [0.29, 0.717) is 0 Å². The van der Waals surface area contributed by atoms with E-state index in [9.17, 15) is 21.9 Å². The van der Waals surface area contributed by atoms with Gasteiger partial charge in [-0.25, -0.2) is 0 Å². The van der Waals surface area contributed by atoms with Crippen LogP contribution in [0.25, 0.3) is 0 Å². The lowest BCUT2D eigenvalue weighted by molar-refractivity contribution is 0.590. The Labute approximate surface area is 329 Å². The van der Waals surface area contributed by atoms with Gasteiger partial charge in [-0.05, 0) is 121 Å². The van der Waals surface area contributed by atoms with E-state index in [4.69, 9.17) is 4.11 Å². The number of anilines is 6. The normalized spacial score (nSPS) is 20.0. The van der Waals surface area contributed by atoms with Gasteiger partial charge in [0.05, 0.1) is 21.9 Å². The highest BCUT2D eigenvalue weighted by molar-refractivity contribution is 7.00. The average molecular weight is 678 g/mol. The van der Waals surface area contributed by atoms with Gasteiger partial charge in [-0.2, -0.15) is 0 Å². The van der Waals surface area contributed by atoms with Crippen LogP contribution in [0.1, 0.15) is 137 Å². The molecule has 0 atom stereocenters. The van der Waals surface area contributed by atoms with Gasteiger partial charge >= 0.3 is 0 Å². The zero-order valence-corrected chi connectivity index (χ0v) is 31.0. The third-order valence-electron chi connectivity index (χ3n) is 9.07. The fourth-order valence-electron chi connectivity index (χ4n) is 6.18. The van der Waals surface area contributed by atoms with Crippen LogP contribution in [0.2, 0.25) is 0 Å². The molecule has 50 heavy (non-hydrogen) atoms. The molecule has 5 aromatic carbocycles. The van der Waals surface area contributed by atoms with Gasteiger partial charge in [0.15, 0.2) is 0 Å². The molecule has 0 radical (unpaired) electrons. The minimum atomic E-state index is -3.34. The van der Waals surface area contributed by atoms with Crippen molar-refractivity contribution >= 4 is 57.2 Å². The second-order valence-electron chi connectivity index (χ2n) is 17.3. The van der Waals surface area contributed by atoms with Gasteiger partial charge in [0.2, 0.25) is 0 Å². The van der Waals surface area contributed by atoms with Crippen LogP contribution in [0.3, 0.4) is 0 Å². The van der Waals surface area contributed by atoms with Gasteiger partial charge in [-0.1, -0.05) is 131 Å². The van der Waals surface area contributed by atoms with Crippen molar-refractivity contribution in [1.82, 2.24) is 0 Å². The summed E-state index contributed by atoms with van der Waals surface area (Å²) < 4.78 is 181. The highest BCUT2D eigenvalue weighted by atomic mass is 15.2. The maximum Gasteiger partial charge on any atom is 0.252 e. The Kier molecular flexibility index (Phi) is 4.17. The first-order valence-corrected chi connectivity index (χ1v) is 17.0. The van der Waals surface area contributed by atoms with Crippen molar-refractivity contribution in [3.8, 4) is 0 Å². The summed E-state index contributed by atoms with van der Waals surface area (Å²) in [4.78, 5) is 1.96. The summed E-state index contributed by atoms with van der Waals surface area (Å²) in [5, 5.41) is 0. The van der Waals surface area contributed by atoms with Crippen LogP contribution >= 0.6 is 0 Å². The molecular weight excluding hydrogens is 603 g/mol. The Morgan fingerprint density at radius 2 is 0.780 bits per heavy atom. The molecule has 0 saturated carbocycles. The molecule has 0 N–H and O–H groups in total. The minimum Gasteiger partial charge on any atom is -0.311 e. The first-order valence-electron chi connectivity index (χ1n) is 26.5. The summed E-state index contributed by atoms with van der Waals surface area (Å²) in [6.45, 7) is 15.5. The van der Waals surface area contributed by atoms with Crippen LogP contribution < -0.4 is 26.2 Å². The fraction of sp³-hybridized carbons (Fsp3) is 0.362. The molecule has 5 aromatic rings. The third kappa shape index (κ3) is 5.77. The van der Waals surface area contributed by atoms with Crippen LogP contribution in [0.5, 0.6) is 0 Å². The van der Waals surface area contributed by atoms with Gasteiger partial charge in [-0.3, -0.25) is 0 Å². The van der Waals surface area contributed by atoms with E-state index in [1.54, 1.807) is 83.1 Å². The molecule has 0 spiro atoms. The second kappa shape index (κ2) is 11.4. The van der Waals surface area contributed by atoms with Gasteiger partial charge in [0, 0.05) is 38.2 Å². The summed E-state index contributed by atoms with van der Waals surface area (Å²) in [5.41, 5.74) is -8.56. The van der Waals surface area contributed by atoms with E-state index in [-0.39, 0.29) is 50.7 Å². The average Bonchev–Trinajstić information content (AvgIpc) is 3.17. The monoisotopic (exact) mass is 678 g/mol. The lowest BCUT2D eigenvalue weighted by Gasteiger charge is -2.45. The molecule has 2 nitrogen and oxygen atoms in total. The van der Waals surface area contributed by atoms with Crippen LogP contribution in [0.15, 0.2) is 96.7 Å². The van der Waals surface area contributed by atoms with E-state index in [2.05, 4.69) is 0 Å². The van der Waals surface area contributed by atoms with E-state index in [1.807, 2.05) is 0 Å². The Bertz CT molecular complexity index is 2860. The number of benzene rings is 5. The summed E-state index contributed by atoms with van der Waals surface area (Å²) >= 11 is 0. The molecule has 0 fully saturated rings. The first-order chi connectivity index (χ1) is 31.2. The number of hydrogen-bond acceptors (Lipinski definition) is 2. The quantitative estimate of drug-likeness (QED) is 0.168. The van der Waals surface area contributed by atoms with Crippen LogP contribution in [0.4, 0.5) is 34.1 Å². The van der Waals surface area contributed by atoms with Crippen molar-refractivity contribution in [3.05, 3.63) is 124 Å². The van der Waals surface area contributed by atoms with Crippen molar-refractivity contribution < 1.29 is 26.0 Å². The molecule has 256 valence electrons. The second-order valence-corrected chi connectivity index (χ2v) is 17.3. The van der Waals surface area contributed by atoms with Crippen LogP contribution in [0, 0.1) is 6.85 Å². The van der Waals surface area contributed by atoms with E-state index in [0.717, 1.165) is 9.80 Å². The fourth-order valence-corrected chi connectivity index (χ4v) is 6.18. The van der Waals surface area contributed by atoms with Gasteiger partial charge < -0.3 is 9.80 Å². The predicted molar refractivity (Wildman–Crippen MR) is 220 cm³/mol. The third-order valence-corrected chi connectivity index (χ3v) is 9.07. The maximum absolute atomic E-state index is 10.2. The first kappa shape index (κ1) is 18.3. The number of hydrogen-bond donors (Lipinski definition) is 0. The Morgan fingerprint density at radius 1 is 0.440 bits per heavy atom. The Hall–Kier alpha value is -4.24. The topological polar surface area (TPSA) is 6.48 Å². The lowest BCUT2D eigenvalue weighted by atomic mass is 9.33. The molecule has 0 aliphatic carbocycles. The van der Waals surface area contributed by atoms with E-state index < -0.39 is 160 Å². The molecule has 7 rings (SSSR count). The Balaban J connectivity index is 1.93. The lowest BCUT2D eigenvalue weighted by Crippen LogP contribution is -2.61. The molecule has 0 aromatic heterocycles. The molecule has 0 bridgehead atoms. The van der Waals surface area contributed by atoms with Crippen molar-refractivity contribution in [2.24, 2.45) is 0 Å². The molecular formula is C47H55BN2. The predicted octanol–water partition coefficient (Wildman–Crippen LogP) is 11.3. The molecule has 3 heteroatoms. The molecule has 0 saturated heterocycles. The summed E-state index contributed by atoms with van der Waals surface area (Å²) in [7, 11) is 0. The molecule has 0 amide bonds. The van der Waals surface area contributed by atoms with Crippen LogP contribution in [-0.2, 0) is 21.7 Å². The number of nitrogens with zero attached hydrogens (tertiary/aromatic N) is 2. The maximum atomic E-state index is 10.2. The van der Waals surface area contributed by atoms with Crippen molar-refractivity contribution in [3.63, 3.8) is 0 Å². The van der Waals surface area contributed by atoms with Gasteiger partial charge in [0.25, 0.3) is 6.71 Å². The number of fused-ring (bicyclic) bond motifs is 4. The number of rotatable bonds is 2. The van der Waals surface area contributed by atoms with Gasteiger partial charge in [0.1, 0.15) is 0 Å². The van der Waals surface area contributed by atoms with E-state index >= 15 is 0 Å². The molecule has 2 aliphatic rings. The van der Waals surface area contributed by atoms with Crippen molar-refractivity contribution in [2.75, 3.05) is 9.80 Å². The Morgan fingerprint density at radius 3 is 1.10 bits per heavy atom. The minimum absolute atomic E-state index is 0.00981. The van der Waals surface area contributed by atoms with Crippen molar-refractivity contribution in [1.29, 1.82) is 0 Å². The van der Waals surface area contributed by atoms with Crippen molar-refractivity contribution in [2.45, 2.75) is 112 Å². The SMILES string of the molecule is [2H]c1c([2H])c(C(C)(C)C)c([2H])c([2H])c1N1c2c([2H])c([2H])c(C(C)(C)C)c([2H])c2B2c3c([2H])c(C(C)(C)C)c([2H])c([2H])c3N(c3c([2H])c([2H])c(C(C)(C)C)c([2H])c3[2H])c3c([2H])c(C([2H])([2H])[2H])c([2H])c1c32. The molecule has 0 unspecified atom stereocenters. The molecule has 2 aliphatic heterocycles. The van der Waals surface area contributed by atoms with E-state index in [1.165, 1.54) is 0 Å². The van der Waals surface area contributed by atoms with Gasteiger partial charge in [-0.15, -0.1) is 0 Å². The molecule has 2 heterocycles. The zero-order valence-electron chi connectivity index (χ0n) is 50.0. The summed E-state index contributed by atoms with van der Waals surface area (Å²) in [6, 6.07) is -9.56. The largest absolute Gasteiger partial charge is 0.311 e. The summed E-state index contributed by atoms with van der Waals surface area (Å²) in [5.74, 6) is 0.